The number of H-pyrrole nitrogens is 2. The molecular formula is C37H41FN6S. The van der Waals surface area contributed by atoms with Gasteiger partial charge in [0.15, 0.2) is 0 Å². The van der Waals surface area contributed by atoms with Crippen molar-refractivity contribution in [1.29, 1.82) is 0 Å². The molecule has 3 aromatic heterocycles. The van der Waals surface area contributed by atoms with Crippen LogP contribution in [0.5, 0.6) is 0 Å². The van der Waals surface area contributed by atoms with Crippen molar-refractivity contribution >= 4 is 48.5 Å². The van der Waals surface area contributed by atoms with Gasteiger partial charge in [-0.25, -0.2) is 4.39 Å². The Kier molecular flexibility index (Phi) is 9.56. The number of halogens is 1. The molecule has 3 heterocycles. The number of nitrogens with zero attached hydrogens (tertiary/aromatic N) is 2. The van der Waals surface area contributed by atoms with Crippen molar-refractivity contribution in [2.75, 3.05) is 6.26 Å². The van der Waals surface area contributed by atoms with Crippen molar-refractivity contribution in [2.24, 2.45) is 0 Å². The second kappa shape index (κ2) is 13.5. The summed E-state index contributed by atoms with van der Waals surface area (Å²) in [5, 5.41) is 13.2. The fourth-order valence-electron chi connectivity index (χ4n) is 5.28. The minimum Gasteiger partial charge on any atom is -0.359 e. The summed E-state index contributed by atoms with van der Waals surface area (Å²) in [5.74, 6) is 7.82. The quantitative estimate of drug-likeness (QED) is 0.0782. The lowest BCUT2D eigenvalue weighted by Gasteiger charge is -2.12. The summed E-state index contributed by atoms with van der Waals surface area (Å²) < 4.78 is 18.1. The summed E-state index contributed by atoms with van der Waals surface area (Å²) >= 11 is 0. The van der Waals surface area contributed by atoms with Crippen LogP contribution in [0.3, 0.4) is 0 Å². The summed E-state index contributed by atoms with van der Waals surface area (Å²) in [6.45, 7) is 12.8. The number of nitrogens with one attached hydrogen (secondary N) is 4. The highest BCUT2D eigenvalue weighted by molar-refractivity contribution is 8.25. The SMILES string of the molecule is C=C/C(=C\C(=C/C)c1ccc2[nH]nc(-c3cc4c(-c5cc(F)cc(CNS(=C)(=C)C)c5)cncc4[nH]3)c2c1)NC(=C)CCCC. The molecule has 2 aromatic carbocycles. The molecule has 0 atom stereocenters. The Morgan fingerprint density at radius 2 is 1.89 bits per heavy atom. The smallest absolute Gasteiger partial charge is 0.124 e. The van der Waals surface area contributed by atoms with E-state index in [1.54, 1.807) is 18.5 Å². The molecule has 0 unspecified atom stereocenters. The van der Waals surface area contributed by atoms with Crippen LogP contribution in [0.2, 0.25) is 0 Å². The lowest BCUT2D eigenvalue weighted by atomic mass is 10.00. The molecule has 4 N–H and O–H groups in total. The number of aromatic amines is 2. The van der Waals surface area contributed by atoms with Crippen molar-refractivity contribution in [3.05, 3.63) is 115 Å². The van der Waals surface area contributed by atoms with Gasteiger partial charge in [0.2, 0.25) is 0 Å². The maximum absolute atomic E-state index is 14.8. The van der Waals surface area contributed by atoms with Crippen LogP contribution in [0.1, 0.15) is 44.2 Å². The first kappa shape index (κ1) is 31.8. The first-order chi connectivity index (χ1) is 21.6. The number of rotatable bonds is 13. The van der Waals surface area contributed by atoms with Crippen LogP contribution in [0.15, 0.2) is 97.6 Å². The number of benzene rings is 2. The molecule has 5 rings (SSSR count). The van der Waals surface area contributed by atoms with E-state index < -0.39 is 9.39 Å². The van der Waals surface area contributed by atoms with Gasteiger partial charge in [-0.05, 0) is 96.8 Å². The van der Waals surface area contributed by atoms with Crippen LogP contribution in [0.25, 0.3) is 49.9 Å². The highest BCUT2D eigenvalue weighted by atomic mass is 32.2. The molecule has 0 bridgehead atoms. The van der Waals surface area contributed by atoms with Gasteiger partial charge in [0.25, 0.3) is 0 Å². The summed E-state index contributed by atoms with van der Waals surface area (Å²) in [5.41, 5.74) is 9.79. The van der Waals surface area contributed by atoms with Gasteiger partial charge >= 0.3 is 0 Å². The number of pyridine rings is 1. The zero-order valence-corrected chi connectivity index (χ0v) is 27.1. The first-order valence-corrected chi connectivity index (χ1v) is 17.4. The molecule has 0 aliphatic heterocycles. The molecule has 0 aliphatic rings. The number of aromatic nitrogens is 4. The molecule has 0 saturated carbocycles. The fourth-order valence-corrected chi connectivity index (χ4v) is 5.79. The number of hydrogen-bond donors (Lipinski definition) is 4. The number of allylic oxidation sites excluding steroid dienone is 5. The van der Waals surface area contributed by atoms with Crippen LogP contribution in [0, 0.1) is 5.82 Å². The normalized spacial score (nSPS) is 12.6. The Morgan fingerprint density at radius 3 is 2.62 bits per heavy atom. The van der Waals surface area contributed by atoms with E-state index in [4.69, 9.17) is 0 Å². The molecule has 45 heavy (non-hydrogen) atoms. The molecule has 0 amide bonds. The van der Waals surface area contributed by atoms with Crippen LogP contribution in [0.4, 0.5) is 4.39 Å². The Hall–Kier alpha value is -4.66. The Morgan fingerprint density at radius 1 is 1.07 bits per heavy atom. The minimum atomic E-state index is -1.43. The van der Waals surface area contributed by atoms with Gasteiger partial charge in [0, 0.05) is 40.5 Å². The van der Waals surface area contributed by atoms with Crippen LogP contribution in [-0.4, -0.2) is 38.2 Å². The maximum Gasteiger partial charge on any atom is 0.124 e. The molecule has 0 fully saturated rings. The lowest BCUT2D eigenvalue weighted by molar-refractivity contribution is 0.625. The van der Waals surface area contributed by atoms with Gasteiger partial charge in [0.05, 0.1) is 22.9 Å². The van der Waals surface area contributed by atoms with E-state index in [9.17, 15) is 4.39 Å². The molecule has 0 aliphatic carbocycles. The largest absolute Gasteiger partial charge is 0.359 e. The topological polar surface area (TPSA) is 81.4 Å². The molecule has 6 nitrogen and oxygen atoms in total. The van der Waals surface area contributed by atoms with Gasteiger partial charge in [-0.2, -0.15) is 14.5 Å². The van der Waals surface area contributed by atoms with Crippen molar-refractivity contribution in [3.63, 3.8) is 0 Å². The molecule has 0 radical (unpaired) electrons. The summed E-state index contributed by atoms with van der Waals surface area (Å²) in [4.78, 5) is 7.96. The van der Waals surface area contributed by atoms with Gasteiger partial charge in [0.1, 0.15) is 11.5 Å². The molecule has 0 saturated heterocycles. The molecule has 232 valence electrons. The third-order valence-electron chi connectivity index (χ3n) is 7.59. The van der Waals surface area contributed by atoms with Crippen LogP contribution >= 0.6 is 9.39 Å². The van der Waals surface area contributed by atoms with Crippen molar-refractivity contribution in [2.45, 2.75) is 39.7 Å². The maximum atomic E-state index is 14.8. The van der Waals surface area contributed by atoms with E-state index in [1.807, 2.05) is 31.4 Å². The molecule has 5 aromatic rings. The first-order valence-electron chi connectivity index (χ1n) is 15.0. The Bertz CT molecular complexity index is 2060. The fraction of sp³-hybridized carbons (Fsp3) is 0.189. The summed E-state index contributed by atoms with van der Waals surface area (Å²) in [6.07, 6.45) is 14.6. The average Bonchev–Trinajstić information content (AvgIpc) is 3.64. The van der Waals surface area contributed by atoms with Crippen molar-refractivity contribution in [3.8, 4) is 22.5 Å². The second-order valence-corrected chi connectivity index (χ2v) is 14.3. The minimum absolute atomic E-state index is 0.304. The number of hydrogen-bond acceptors (Lipinski definition) is 4. The van der Waals surface area contributed by atoms with Gasteiger partial charge in [-0.3, -0.25) is 14.8 Å². The van der Waals surface area contributed by atoms with Crippen LogP contribution in [-0.2, 0) is 6.54 Å². The third-order valence-corrected chi connectivity index (χ3v) is 8.43. The Labute approximate surface area is 265 Å². The summed E-state index contributed by atoms with van der Waals surface area (Å²) in [6, 6.07) is 13.4. The van der Waals surface area contributed by atoms with E-state index >= 15 is 0 Å². The predicted octanol–water partition coefficient (Wildman–Crippen LogP) is 8.98. The highest BCUT2D eigenvalue weighted by Crippen LogP contribution is 2.35. The standard InChI is InChI=1S/C37H41FN6S/c1-8-11-12-24(4)41-30(10-3)18-26(9-2)27-13-14-34-32(19-27)37(44-43-34)35-20-31-33(22-39-23-36(31)42-35)28-15-25(16-29(38)17-28)21-40-45(5,6)7/h9-10,13-20,22-23,40-42H,3-6,8,11-12,21H2,1-2,7H3,(H,43,44)/b26-9+,30-18+. The molecule has 0 spiro atoms. The van der Waals surface area contributed by atoms with E-state index in [2.05, 4.69) is 92.4 Å². The van der Waals surface area contributed by atoms with E-state index in [0.29, 0.717) is 6.54 Å². The van der Waals surface area contributed by atoms with E-state index in [1.165, 1.54) is 6.07 Å². The van der Waals surface area contributed by atoms with Crippen molar-refractivity contribution in [1.82, 2.24) is 30.2 Å². The number of unbranched alkanes of at least 4 members (excludes halogenated alkanes) is 1. The van der Waals surface area contributed by atoms with Gasteiger partial charge < -0.3 is 10.3 Å². The monoisotopic (exact) mass is 620 g/mol. The number of fused-ring (bicyclic) bond motifs is 2. The Balaban J connectivity index is 1.51. The van der Waals surface area contributed by atoms with Crippen molar-refractivity contribution < 1.29 is 4.39 Å². The molecular weight excluding hydrogens is 580 g/mol. The predicted molar refractivity (Wildman–Crippen MR) is 195 cm³/mol. The zero-order valence-electron chi connectivity index (χ0n) is 26.3. The zero-order chi connectivity index (χ0) is 32.1. The second-order valence-electron chi connectivity index (χ2n) is 11.5. The lowest BCUT2D eigenvalue weighted by Crippen LogP contribution is -2.10. The average molecular weight is 621 g/mol. The highest BCUT2D eigenvalue weighted by Gasteiger charge is 2.16. The van der Waals surface area contributed by atoms with E-state index in [-0.39, 0.29) is 5.82 Å². The van der Waals surface area contributed by atoms with Crippen LogP contribution < -0.4 is 10.0 Å². The molecule has 8 heteroatoms. The summed E-state index contributed by atoms with van der Waals surface area (Å²) in [7, 11) is -1.43. The third kappa shape index (κ3) is 7.53. The van der Waals surface area contributed by atoms with Gasteiger partial charge in [-0.1, -0.05) is 50.4 Å². The van der Waals surface area contributed by atoms with Gasteiger partial charge in [-0.15, -0.1) is 0 Å². The van der Waals surface area contributed by atoms with E-state index in [0.717, 1.165) is 91.7 Å².